The predicted octanol–water partition coefficient (Wildman–Crippen LogP) is 2.99. The van der Waals surface area contributed by atoms with Gasteiger partial charge in [-0.1, -0.05) is 25.1 Å². The van der Waals surface area contributed by atoms with Crippen molar-refractivity contribution in [2.75, 3.05) is 13.1 Å². The first kappa shape index (κ1) is 16.6. The van der Waals surface area contributed by atoms with Crippen LogP contribution in [-0.4, -0.2) is 29.9 Å². The molecule has 1 saturated heterocycles. The number of carbonyl (C=O) groups excluding carboxylic acids is 1. The summed E-state index contributed by atoms with van der Waals surface area (Å²) < 4.78 is 5.83. The van der Waals surface area contributed by atoms with Crippen LogP contribution in [0.25, 0.3) is 17.0 Å². The number of fused-ring (bicyclic) bond motifs is 1. The van der Waals surface area contributed by atoms with Crippen molar-refractivity contribution in [1.82, 2.24) is 4.90 Å². The van der Waals surface area contributed by atoms with Gasteiger partial charge in [0.15, 0.2) is 0 Å². The fraction of sp³-hybridized carbons (Fsp3) is 0.353. The van der Waals surface area contributed by atoms with Crippen LogP contribution in [-0.2, 0) is 11.2 Å². The van der Waals surface area contributed by atoms with E-state index in [4.69, 9.17) is 10.2 Å². The monoisotopic (exact) mass is 320 g/mol. The van der Waals surface area contributed by atoms with E-state index in [1.807, 2.05) is 30.3 Å². The molecule has 118 valence electrons. The number of rotatable bonds is 3. The summed E-state index contributed by atoms with van der Waals surface area (Å²) in [5.74, 6) is 0.939. The van der Waals surface area contributed by atoms with Crippen LogP contribution < -0.4 is 5.73 Å². The van der Waals surface area contributed by atoms with E-state index >= 15 is 0 Å². The van der Waals surface area contributed by atoms with Gasteiger partial charge in [-0.25, -0.2) is 0 Å². The van der Waals surface area contributed by atoms with E-state index in [-0.39, 0.29) is 24.4 Å². The van der Waals surface area contributed by atoms with Crippen LogP contribution in [0.1, 0.15) is 24.7 Å². The molecule has 1 aromatic carbocycles. The second kappa shape index (κ2) is 6.99. The number of carbonyl (C=O) groups is 1. The molecule has 1 aromatic heterocycles. The third kappa shape index (κ3) is 3.18. The van der Waals surface area contributed by atoms with Crippen LogP contribution in [0.15, 0.2) is 34.8 Å². The minimum absolute atomic E-state index is 0. The summed E-state index contributed by atoms with van der Waals surface area (Å²) in [7, 11) is 0. The summed E-state index contributed by atoms with van der Waals surface area (Å²) in [6.07, 6.45) is 5.19. The molecule has 1 aliphatic rings. The molecule has 1 fully saturated rings. The maximum atomic E-state index is 12.2. The van der Waals surface area contributed by atoms with Crippen LogP contribution in [0.3, 0.4) is 0 Å². The average molecular weight is 321 g/mol. The van der Waals surface area contributed by atoms with E-state index in [9.17, 15) is 4.79 Å². The number of likely N-dealkylation sites (tertiary alicyclic amines) is 1. The molecule has 3 rings (SSSR count). The van der Waals surface area contributed by atoms with Crippen molar-refractivity contribution in [3.05, 3.63) is 41.7 Å². The van der Waals surface area contributed by atoms with E-state index in [0.29, 0.717) is 6.54 Å². The number of hydrogen-bond acceptors (Lipinski definition) is 3. The molecule has 22 heavy (non-hydrogen) atoms. The molecular formula is C17H21ClN2O2. The van der Waals surface area contributed by atoms with Gasteiger partial charge in [0.1, 0.15) is 11.3 Å². The Balaban J connectivity index is 0.00000176. The van der Waals surface area contributed by atoms with Gasteiger partial charge in [-0.3, -0.25) is 4.79 Å². The number of amides is 1. The van der Waals surface area contributed by atoms with Gasteiger partial charge in [0, 0.05) is 42.6 Å². The molecule has 0 radical (unpaired) electrons. The molecule has 1 aliphatic heterocycles. The van der Waals surface area contributed by atoms with Crippen molar-refractivity contribution in [2.45, 2.75) is 25.8 Å². The number of benzene rings is 1. The third-order valence-electron chi connectivity index (χ3n) is 3.96. The Hall–Kier alpha value is -1.78. The highest BCUT2D eigenvalue weighted by Gasteiger charge is 2.22. The summed E-state index contributed by atoms with van der Waals surface area (Å²) in [6, 6.07) is 8.02. The minimum Gasteiger partial charge on any atom is -0.460 e. The Bertz CT molecular complexity index is 693. The molecule has 1 atom stereocenters. The van der Waals surface area contributed by atoms with Gasteiger partial charge < -0.3 is 15.1 Å². The summed E-state index contributed by atoms with van der Waals surface area (Å²) in [6.45, 7) is 3.45. The third-order valence-corrected chi connectivity index (χ3v) is 3.96. The van der Waals surface area contributed by atoms with Crippen LogP contribution in [0.4, 0.5) is 0 Å². The normalized spacial score (nSPS) is 18.1. The lowest BCUT2D eigenvalue weighted by Gasteiger charge is -2.12. The molecular weight excluding hydrogens is 300 g/mol. The zero-order chi connectivity index (χ0) is 14.8. The van der Waals surface area contributed by atoms with Gasteiger partial charge in [0.2, 0.25) is 5.91 Å². The number of aryl methyl sites for hydroxylation is 1. The van der Waals surface area contributed by atoms with Gasteiger partial charge in [0.25, 0.3) is 0 Å². The van der Waals surface area contributed by atoms with E-state index in [2.05, 4.69) is 6.92 Å². The van der Waals surface area contributed by atoms with E-state index in [1.54, 1.807) is 11.0 Å². The van der Waals surface area contributed by atoms with Crippen molar-refractivity contribution >= 4 is 35.4 Å². The van der Waals surface area contributed by atoms with Crippen molar-refractivity contribution in [1.29, 1.82) is 0 Å². The molecule has 0 aliphatic carbocycles. The number of furan rings is 1. The first-order chi connectivity index (χ1) is 10.2. The Morgan fingerprint density at radius 3 is 2.91 bits per heavy atom. The Kier molecular flexibility index (Phi) is 5.27. The van der Waals surface area contributed by atoms with Gasteiger partial charge in [0.05, 0.1) is 0 Å². The Labute approximate surface area is 136 Å². The van der Waals surface area contributed by atoms with Crippen molar-refractivity contribution in [3.63, 3.8) is 0 Å². The highest BCUT2D eigenvalue weighted by atomic mass is 35.5. The van der Waals surface area contributed by atoms with Crippen LogP contribution in [0.2, 0.25) is 0 Å². The number of nitrogens with two attached hydrogens (primary N) is 1. The Morgan fingerprint density at radius 1 is 1.45 bits per heavy atom. The molecule has 2 aromatic rings. The van der Waals surface area contributed by atoms with Crippen LogP contribution in [0.5, 0.6) is 0 Å². The van der Waals surface area contributed by atoms with E-state index in [0.717, 1.165) is 41.7 Å². The standard InChI is InChI=1S/C17H20N2O2.ClH/c1-2-15-14(13-5-3-4-6-16(13)21-15)7-8-17(20)19-10-9-12(18)11-19;/h3-8,12H,2,9-11,18H2,1H3;1H/b8-7+;/t12-;/m1./s1. The summed E-state index contributed by atoms with van der Waals surface area (Å²) in [5.41, 5.74) is 7.71. The predicted molar refractivity (Wildman–Crippen MR) is 91.0 cm³/mol. The van der Waals surface area contributed by atoms with Gasteiger partial charge >= 0.3 is 0 Å². The fourth-order valence-corrected chi connectivity index (χ4v) is 2.81. The molecule has 0 bridgehead atoms. The molecule has 2 N–H and O–H groups in total. The molecule has 0 spiro atoms. The molecule has 5 heteroatoms. The smallest absolute Gasteiger partial charge is 0.246 e. The summed E-state index contributed by atoms with van der Waals surface area (Å²) in [5, 5.41) is 1.05. The van der Waals surface area contributed by atoms with Gasteiger partial charge in [-0.15, -0.1) is 12.4 Å². The maximum Gasteiger partial charge on any atom is 0.246 e. The van der Waals surface area contributed by atoms with Gasteiger partial charge in [-0.2, -0.15) is 0 Å². The van der Waals surface area contributed by atoms with E-state index < -0.39 is 0 Å². The largest absolute Gasteiger partial charge is 0.460 e. The lowest BCUT2D eigenvalue weighted by Crippen LogP contribution is -2.30. The molecule has 0 unspecified atom stereocenters. The maximum absolute atomic E-state index is 12.2. The quantitative estimate of drug-likeness (QED) is 0.884. The topological polar surface area (TPSA) is 59.5 Å². The first-order valence-corrected chi connectivity index (χ1v) is 7.42. The lowest BCUT2D eigenvalue weighted by atomic mass is 10.1. The van der Waals surface area contributed by atoms with Crippen molar-refractivity contribution in [3.8, 4) is 0 Å². The summed E-state index contributed by atoms with van der Waals surface area (Å²) >= 11 is 0. The van der Waals surface area contributed by atoms with Crippen LogP contribution >= 0.6 is 12.4 Å². The molecule has 0 saturated carbocycles. The highest BCUT2D eigenvalue weighted by Crippen LogP contribution is 2.27. The van der Waals surface area contributed by atoms with E-state index in [1.165, 1.54) is 0 Å². The fourth-order valence-electron chi connectivity index (χ4n) is 2.81. The second-order valence-corrected chi connectivity index (χ2v) is 5.45. The minimum atomic E-state index is 0. The van der Waals surface area contributed by atoms with Crippen LogP contribution in [0, 0.1) is 0 Å². The zero-order valence-electron chi connectivity index (χ0n) is 12.6. The van der Waals surface area contributed by atoms with Crippen molar-refractivity contribution in [2.24, 2.45) is 5.73 Å². The van der Waals surface area contributed by atoms with Gasteiger partial charge in [-0.05, 0) is 18.6 Å². The molecule has 4 nitrogen and oxygen atoms in total. The summed E-state index contributed by atoms with van der Waals surface area (Å²) in [4.78, 5) is 14.0. The number of para-hydroxylation sites is 1. The average Bonchev–Trinajstić information content (AvgIpc) is 3.08. The SMILES string of the molecule is CCc1oc2ccccc2c1/C=C/C(=O)N1CC[C@@H](N)C1.Cl. The number of halogens is 1. The lowest BCUT2D eigenvalue weighted by molar-refractivity contribution is -0.124. The number of hydrogen-bond donors (Lipinski definition) is 1. The Morgan fingerprint density at radius 2 is 2.23 bits per heavy atom. The molecule has 2 heterocycles. The zero-order valence-corrected chi connectivity index (χ0v) is 13.4. The second-order valence-electron chi connectivity index (χ2n) is 5.45. The number of nitrogens with zero attached hydrogens (tertiary/aromatic N) is 1. The van der Waals surface area contributed by atoms with Crippen molar-refractivity contribution < 1.29 is 9.21 Å². The molecule has 1 amide bonds. The first-order valence-electron chi connectivity index (χ1n) is 7.42. The highest BCUT2D eigenvalue weighted by molar-refractivity contribution is 5.96.